The van der Waals surface area contributed by atoms with Gasteiger partial charge in [0.25, 0.3) is 0 Å². The predicted molar refractivity (Wildman–Crippen MR) is 79.1 cm³/mol. The van der Waals surface area contributed by atoms with E-state index in [0.717, 1.165) is 51.9 Å². The fourth-order valence-electron chi connectivity index (χ4n) is 3.00. The normalized spacial score (nSPS) is 27.4. The van der Waals surface area contributed by atoms with Gasteiger partial charge in [-0.1, -0.05) is 12.8 Å². The lowest BCUT2D eigenvalue weighted by atomic mass is 10.1. The lowest BCUT2D eigenvalue weighted by molar-refractivity contribution is 0.185. The molecule has 0 aromatic rings. The highest BCUT2D eigenvalue weighted by Crippen LogP contribution is 2.20. The van der Waals surface area contributed by atoms with Crippen LogP contribution in [0.5, 0.6) is 0 Å². The average molecular weight is 305 g/mol. The van der Waals surface area contributed by atoms with E-state index >= 15 is 0 Å². The maximum Gasteiger partial charge on any atom is 0.215 e. The van der Waals surface area contributed by atoms with Gasteiger partial charge in [-0.15, -0.1) is 0 Å². The number of hydrogen-bond donors (Lipinski definition) is 2. The number of sulfonamides is 1. The maximum absolute atomic E-state index is 12.5. The molecular weight excluding hydrogens is 278 g/mol. The van der Waals surface area contributed by atoms with Crippen LogP contribution in [0.25, 0.3) is 0 Å². The van der Waals surface area contributed by atoms with E-state index in [4.69, 9.17) is 0 Å². The molecule has 0 saturated carbocycles. The Morgan fingerprint density at radius 1 is 1.10 bits per heavy atom. The van der Waals surface area contributed by atoms with Crippen LogP contribution in [0.15, 0.2) is 0 Å². The highest BCUT2D eigenvalue weighted by atomic mass is 32.2. The summed E-state index contributed by atoms with van der Waals surface area (Å²) in [5.41, 5.74) is 0. The van der Waals surface area contributed by atoms with Gasteiger partial charge in [-0.25, -0.2) is 8.42 Å². The average Bonchev–Trinajstić information content (AvgIpc) is 2.72. The van der Waals surface area contributed by atoms with Gasteiger partial charge in [-0.05, 0) is 12.8 Å². The number of aliphatic hydroxyl groups is 1. The second kappa shape index (κ2) is 7.70. The molecule has 118 valence electrons. The second-order valence-electron chi connectivity index (χ2n) is 5.70. The summed E-state index contributed by atoms with van der Waals surface area (Å²) >= 11 is 0. The molecule has 6 nitrogen and oxygen atoms in total. The van der Waals surface area contributed by atoms with E-state index in [9.17, 15) is 13.5 Å². The summed E-state index contributed by atoms with van der Waals surface area (Å²) in [6, 6.07) is -0.217. The van der Waals surface area contributed by atoms with Crippen molar-refractivity contribution in [2.45, 2.75) is 31.7 Å². The Hall–Kier alpha value is -0.210. The molecule has 0 aromatic heterocycles. The fourth-order valence-corrected chi connectivity index (χ4v) is 4.75. The van der Waals surface area contributed by atoms with Crippen LogP contribution in [0.4, 0.5) is 0 Å². The number of hydrogen-bond acceptors (Lipinski definition) is 5. The predicted octanol–water partition coefficient (Wildman–Crippen LogP) is -0.542. The number of piperazine rings is 1. The number of rotatable bonds is 5. The van der Waals surface area contributed by atoms with E-state index in [1.54, 1.807) is 4.31 Å². The molecule has 2 aliphatic rings. The summed E-state index contributed by atoms with van der Waals surface area (Å²) < 4.78 is 26.6. The van der Waals surface area contributed by atoms with Gasteiger partial charge in [0.1, 0.15) is 0 Å². The molecule has 0 radical (unpaired) electrons. The van der Waals surface area contributed by atoms with Gasteiger partial charge in [0.15, 0.2) is 0 Å². The number of aliphatic hydroxyl groups excluding tert-OH is 1. The van der Waals surface area contributed by atoms with Gasteiger partial charge in [0.2, 0.25) is 10.0 Å². The van der Waals surface area contributed by atoms with Crippen molar-refractivity contribution in [2.24, 2.45) is 0 Å². The summed E-state index contributed by atoms with van der Waals surface area (Å²) in [6.45, 7) is 4.80. The molecule has 2 saturated heterocycles. The van der Waals surface area contributed by atoms with Crippen LogP contribution in [0.2, 0.25) is 0 Å². The summed E-state index contributed by atoms with van der Waals surface area (Å²) in [6.07, 6.45) is 3.75. The van der Waals surface area contributed by atoms with Crippen molar-refractivity contribution in [1.29, 1.82) is 0 Å². The van der Waals surface area contributed by atoms with Gasteiger partial charge < -0.3 is 10.4 Å². The summed E-state index contributed by atoms with van der Waals surface area (Å²) in [4.78, 5) is 2.19. The fraction of sp³-hybridized carbons (Fsp3) is 1.00. The molecule has 2 aliphatic heterocycles. The third kappa shape index (κ3) is 4.39. The third-order valence-corrected chi connectivity index (χ3v) is 6.16. The zero-order valence-electron chi connectivity index (χ0n) is 12.1. The Labute approximate surface area is 122 Å². The molecule has 20 heavy (non-hydrogen) atoms. The molecule has 2 heterocycles. The lowest BCUT2D eigenvalue weighted by Crippen LogP contribution is -2.48. The molecule has 0 bridgehead atoms. The molecule has 0 spiro atoms. The van der Waals surface area contributed by atoms with Gasteiger partial charge in [-0.3, -0.25) is 4.90 Å². The van der Waals surface area contributed by atoms with Gasteiger partial charge in [0, 0.05) is 45.3 Å². The Morgan fingerprint density at radius 3 is 2.55 bits per heavy atom. The molecule has 0 aliphatic carbocycles. The van der Waals surface area contributed by atoms with Crippen molar-refractivity contribution in [3.8, 4) is 0 Å². The van der Waals surface area contributed by atoms with Gasteiger partial charge in [-0.2, -0.15) is 4.31 Å². The smallest absolute Gasteiger partial charge is 0.215 e. The van der Waals surface area contributed by atoms with E-state index < -0.39 is 10.0 Å². The number of nitrogens with one attached hydrogen (secondary N) is 1. The van der Waals surface area contributed by atoms with Crippen molar-refractivity contribution in [1.82, 2.24) is 14.5 Å². The van der Waals surface area contributed by atoms with Crippen molar-refractivity contribution in [2.75, 3.05) is 51.6 Å². The SMILES string of the molecule is O=S(=O)(CCN1CCNCC1)N1CCCCCC1CO. The van der Waals surface area contributed by atoms with E-state index in [2.05, 4.69) is 10.2 Å². The Kier molecular flexibility index (Phi) is 6.22. The maximum atomic E-state index is 12.5. The summed E-state index contributed by atoms with van der Waals surface area (Å²) in [7, 11) is -3.26. The minimum atomic E-state index is -3.26. The Balaban J connectivity index is 1.92. The van der Waals surface area contributed by atoms with Crippen molar-refractivity contribution < 1.29 is 13.5 Å². The molecule has 1 unspecified atom stereocenters. The monoisotopic (exact) mass is 305 g/mol. The zero-order valence-corrected chi connectivity index (χ0v) is 12.9. The van der Waals surface area contributed by atoms with Crippen LogP contribution in [-0.4, -0.2) is 80.4 Å². The molecule has 0 aromatic carbocycles. The molecule has 2 fully saturated rings. The van der Waals surface area contributed by atoms with Crippen LogP contribution in [0, 0.1) is 0 Å². The van der Waals surface area contributed by atoms with Gasteiger partial charge >= 0.3 is 0 Å². The first-order valence-electron chi connectivity index (χ1n) is 7.67. The van der Waals surface area contributed by atoms with Gasteiger partial charge in [0.05, 0.1) is 12.4 Å². The molecule has 2 N–H and O–H groups in total. The molecule has 1 atom stereocenters. The van der Waals surface area contributed by atoms with Crippen LogP contribution in [-0.2, 0) is 10.0 Å². The molecular formula is C13H27N3O3S. The minimum absolute atomic E-state index is 0.0626. The summed E-state index contributed by atoms with van der Waals surface area (Å²) in [5, 5.41) is 12.7. The molecule has 0 amide bonds. The molecule has 2 rings (SSSR count). The first-order chi connectivity index (χ1) is 9.63. The second-order valence-corrected chi connectivity index (χ2v) is 7.75. The lowest BCUT2D eigenvalue weighted by Gasteiger charge is -2.30. The first-order valence-corrected chi connectivity index (χ1v) is 9.28. The summed E-state index contributed by atoms with van der Waals surface area (Å²) in [5.74, 6) is 0.170. The number of nitrogens with zero attached hydrogens (tertiary/aromatic N) is 2. The van der Waals surface area contributed by atoms with Crippen molar-refractivity contribution in [3.63, 3.8) is 0 Å². The van der Waals surface area contributed by atoms with E-state index in [0.29, 0.717) is 13.1 Å². The van der Waals surface area contributed by atoms with Crippen LogP contribution < -0.4 is 5.32 Å². The van der Waals surface area contributed by atoms with E-state index in [1.165, 1.54) is 0 Å². The van der Waals surface area contributed by atoms with Crippen molar-refractivity contribution in [3.05, 3.63) is 0 Å². The first kappa shape index (κ1) is 16.2. The standard InChI is InChI=1S/C13H27N3O3S/c17-12-13-4-2-1-3-7-16(13)20(18,19)11-10-15-8-5-14-6-9-15/h13-14,17H,1-12H2. The van der Waals surface area contributed by atoms with Crippen molar-refractivity contribution >= 4 is 10.0 Å². The third-order valence-electron chi connectivity index (χ3n) is 4.27. The quantitative estimate of drug-likeness (QED) is 0.714. The topological polar surface area (TPSA) is 72.9 Å². The van der Waals surface area contributed by atoms with E-state index in [1.807, 2.05) is 0 Å². The molecule has 7 heteroatoms. The van der Waals surface area contributed by atoms with Crippen LogP contribution in [0.3, 0.4) is 0 Å². The minimum Gasteiger partial charge on any atom is -0.395 e. The Morgan fingerprint density at radius 2 is 1.85 bits per heavy atom. The Bertz CT molecular complexity index is 382. The van der Waals surface area contributed by atoms with Crippen LogP contribution >= 0.6 is 0 Å². The highest BCUT2D eigenvalue weighted by Gasteiger charge is 2.30. The van der Waals surface area contributed by atoms with E-state index in [-0.39, 0.29) is 18.4 Å². The zero-order chi connectivity index (χ0) is 14.4. The highest BCUT2D eigenvalue weighted by molar-refractivity contribution is 7.89. The van der Waals surface area contributed by atoms with Crippen LogP contribution in [0.1, 0.15) is 25.7 Å². The largest absolute Gasteiger partial charge is 0.395 e.